The van der Waals surface area contributed by atoms with Crippen molar-refractivity contribution >= 4 is 28.3 Å². The Morgan fingerprint density at radius 2 is 1.59 bits per heavy atom. The number of hydrogen-bond acceptors (Lipinski definition) is 4. The molecule has 27 heavy (non-hydrogen) atoms. The van der Waals surface area contributed by atoms with Crippen molar-refractivity contribution in [3.05, 3.63) is 82.4 Å². The van der Waals surface area contributed by atoms with E-state index in [9.17, 15) is 9.59 Å². The van der Waals surface area contributed by atoms with Crippen LogP contribution in [0.5, 0.6) is 0 Å². The van der Waals surface area contributed by atoms with Crippen molar-refractivity contribution in [3.63, 3.8) is 0 Å². The molecule has 2 atom stereocenters. The molecule has 1 fully saturated rings. The Balaban J connectivity index is 1.66. The first-order chi connectivity index (χ1) is 13.1. The fraction of sp³-hybridized carbons (Fsp3) is 0.227. The summed E-state index contributed by atoms with van der Waals surface area (Å²) >= 11 is 1.34. The molecule has 0 saturated carbocycles. The van der Waals surface area contributed by atoms with Crippen molar-refractivity contribution in [2.45, 2.75) is 18.3 Å². The highest BCUT2D eigenvalue weighted by Crippen LogP contribution is 2.64. The van der Waals surface area contributed by atoms with Crippen molar-refractivity contribution in [1.29, 1.82) is 0 Å². The molecule has 1 aliphatic heterocycles. The quantitative estimate of drug-likeness (QED) is 0.612. The molecule has 3 aromatic rings. The summed E-state index contributed by atoms with van der Waals surface area (Å²) in [4.78, 5) is 32.6. The number of hydrogen-bond donors (Lipinski definition) is 0. The number of anilines is 1. The molecule has 2 bridgehead atoms. The van der Waals surface area contributed by atoms with Gasteiger partial charge < -0.3 is 0 Å². The highest BCUT2D eigenvalue weighted by Gasteiger charge is 2.66. The minimum Gasteiger partial charge on any atom is -0.274 e. The Hall–Kier alpha value is -2.79. The first-order valence-corrected chi connectivity index (χ1v) is 9.98. The SMILES string of the molecule is CC12c3ccccc3C(c3ccccc31)C1C(=O)N(c3nccs3)C(=O)C12. The van der Waals surface area contributed by atoms with Gasteiger partial charge in [-0.2, -0.15) is 0 Å². The summed E-state index contributed by atoms with van der Waals surface area (Å²) in [5, 5.41) is 2.29. The molecule has 5 heteroatoms. The molecule has 2 heterocycles. The smallest absolute Gasteiger partial charge is 0.240 e. The molecule has 0 N–H and O–H groups in total. The summed E-state index contributed by atoms with van der Waals surface area (Å²) in [6.07, 6.45) is 1.64. The highest BCUT2D eigenvalue weighted by atomic mass is 32.1. The number of benzene rings is 2. The lowest BCUT2D eigenvalue weighted by Crippen LogP contribution is -2.51. The summed E-state index contributed by atoms with van der Waals surface area (Å²) < 4.78 is 0. The minimum atomic E-state index is -0.509. The maximum Gasteiger partial charge on any atom is 0.240 e. The topological polar surface area (TPSA) is 50.3 Å². The Morgan fingerprint density at radius 3 is 2.19 bits per heavy atom. The van der Waals surface area contributed by atoms with Gasteiger partial charge in [-0.3, -0.25) is 9.59 Å². The van der Waals surface area contributed by atoms with Gasteiger partial charge in [0.05, 0.1) is 11.8 Å². The molecule has 2 unspecified atom stereocenters. The molecule has 4 nitrogen and oxygen atoms in total. The van der Waals surface area contributed by atoms with Gasteiger partial charge in [-0.1, -0.05) is 55.5 Å². The van der Waals surface area contributed by atoms with Crippen molar-refractivity contribution in [2.75, 3.05) is 4.90 Å². The van der Waals surface area contributed by atoms with E-state index in [1.807, 2.05) is 24.3 Å². The zero-order valence-corrected chi connectivity index (χ0v) is 15.4. The number of nitrogens with zero attached hydrogens (tertiary/aromatic N) is 2. The van der Waals surface area contributed by atoms with E-state index in [0.29, 0.717) is 5.13 Å². The molecule has 132 valence electrons. The second-order valence-electron chi connectivity index (χ2n) is 7.68. The summed E-state index contributed by atoms with van der Waals surface area (Å²) in [5.74, 6) is -1.05. The maximum absolute atomic E-state index is 13.5. The predicted octanol–water partition coefficient (Wildman–Crippen LogP) is 3.71. The van der Waals surface area contributed by atoms with Crippen LogP contribution in [0, 0.1) is 11.8 Å². The molecular formula is C22H16N2O2S. The van der Waals surface area contributed by atoms with E-state index in [1.54, 1.807) is 11.6 Å². The molecule has 3 aliphatic carbocycles. The number of aromatic nitrogens is 1. The lowest BCUT2D eigenvalue weighted by Gasteiger charge is -2.52. The Labute approximate surface area is 160 Å². The first-order valence-electron chi connectivity index (χ1n) is 9.10. The van der Waals surface area contributed by atoms with Gasteiger partial charge in [0, 0.05) is 22.9 Å². The molecular weight excluding hydrogens is 356 g/mol. The first kappa shape index (κ1) is 15.3. The number of carbonyl (C=O) groups excluding carboxylic acids is 2. The fourth-order valence-electron chi connectivity index (χ4n) is 5.67. The van der Waals surface area contributed by atoms with Crippen LogP contribution >= 0.6 is 11.3 Å². The van der Waals surface area contributed by atoms with E-state index in [-0.39, 0.29) is 29.6 Å². The Bertz CT molecular complexity index is 1070. The van der Waals surface area contributed by atoms with E-state index < -0.39 is 5.41 Å². The van der Waals surface area contributed by atoms with Crippen molar-refractivity contribution in [1.82, 2.24) is 4.98 Å². The average molecular weight is 372 g/mol. The average Bonchev–Trinajstić information content (AvgIpc) is 3.30. The van der Waals surface area contributed by atoms with Gasteiger partial charge in [-0.05, 0) is 22.3 Å². The van der Waals surface area contributed by atoms with Gasteiger partial charge in [0.15, 0.2) is 5.13 Å². The van der Waals surface area contributed by atoms with Gasteiger partial charge in [-0.25, -0.2) is 9.88 Å². The van der Waals surface area contributed by atoms with Crippen LogP contribution in [0.3, 0.4) is 0 Å². The molecule has 2 amide bonds. The molecule has 7 rings (SSSR count). The lowest BCUT2D eigenvalue weighted by atomic mass is 9.48. The van der Waals surface area contributed by atoms with Crippen molar-refractivity contribution < 1.29 is 9.59 Å². The molecule has 1 aromatic heterocycles. The van der Waals surface area contributed by atoms with Crippen LogP contribution in [0.1, 0.15) is 35.1 Å². The fourth-order valence-corrected chi connectivity index (χ4v) is 6.32. The molecule has 0 radical (unpaired) electrons. The lowest BCUT2D eigenvalue weighted by molar-refractivity contribution is -0.123. The van der Waals surface area contributed by atoms with Gasteiger partial charge in [-0.15, -0.1) is 11.3 Å². The van der Waals surface area contributed by atoms with Crippen LogP contribution in [0.4, 0.5) is 5.13 Å². The third-order valence-corrected chi connectivity index (χ3v) is 7.41. The largest absolute Gasteiger partial charge is 0.274 e. The molecule has 1 saturated heterocycles. The summed E-state index contributed by atoms with van der Waals surface area (Å²) in [6, 6.07) is 16.6. The van der Waals surface area contributed by atoms with Crippen LogP contribution in [0.15, 0.2) is 60.1 Å². The summed E-state index contributed by atoms with van der Waals surface area (Å²) in [7, 11) is 0. The van der Waals surface area contributed by atoms with Crippen molar-refractivity contribution in [2.24, 2.45) is 11.8 Å². The monoisotopic (exact) mass is 372 g/mol. The van der Waals surface area contributed by atoms with Gasteiger partial charge in [0.2, 0.25) is 11.8 Å². The normalized spacial score (nSPS) is 30.3. The van der Waals surface area contributed by atoms with Crippen molar-refractivity contribution in [3.8, 4) is 0 Å². The van der Waals surface area contributed by atoms with Crippen LogP contribution < -0.4 is 4.90 Å². The predicted molar refractivity (Wildman–Crippen MR) is 103 cm³/mol. The summed E-state index contributed by atoms with van der Waals surface area (Å²) in [6.45, 7) is 2.13. The standard InChI is InChI=1S/C22H16N2O2S/c1-22-14-8-4-2-6-12(14)16(13-7-3-5-9-15(13)22)17-18(22)20(26)24(19(17)25)21-23-10-11-27-21/h2-11,16-18H,1H3. The van der Waals surface area contributed by atoms with E-state index in [2.05, 4.69) is 36.2 Å². The van der Waals surface area contributed by atoms with Gasteiger partial charge in [0.25, 0.3) is 0 Å². The van der Waals surface area contributed by atoms with E-state index in [0.717, 1.165) is 0 Å². The zero-order valence-electron chi connectivity index (χ0n) is 14.6. The van der Waals surface area contributed by atoms with E-state index in [1.165, 1.54) is 38.5 Å². The second-order valence-corrected chi connectivity index (χ2v) is 8.56. The Morgan fingerprint density at radius 1 is 0.963 bits per heavy atom. The van der Waals surface area contributed by atoms with E-state index >= 15 is 0 Å². The molecule has 0 spiro atoms. The molecule has 2 aromatic carbocycles. The second kappa shape index (κ2) is 4.93. The Kier molecular flexibility index (Phi) is 2.79. The van der Waals surface area contributed by atoms with Gasteiger partial charge in [0.1, 0.15) is 0 Å². The number of amides is 2. The number of rotatable bonds is 1. The number of thiazole rings is 1. The van der Waals surface area contributed by atoms with Crippen LogP contribution in [0.2, 0.25) is 0 Å². The van der Waals surface area contributed by atoms with Gasteiger partial charge >= 0.3 is 0 Å². The zero-order chi connectivity index (χ0) is 18.3. The molecule has 4 aliphatic rings. The summed E-state index contributed by atoms with van der Waals surface area (Å²) in [5.41, 5.74) is 4.21. The van der Waals surface area contributed by atoms with E-state index in [4.69, 9.17) is 0 Å². The highest BCUT2D eigenvalue weighted by molar-refractivity contribution is 7.14. The third-order valence-electron chi connectivity index (χ3n) is 6.65. The van der Waals surface area contributed by atoms with Crippen LogP contribution in [0.25, 0.3) is 0 Å². The third kappa shape index (κ3) is 1.62. The minimum absolute atomic E-state index is 0.0781. The maximum atomic E-state index is 13.5. The van der Waals surface area contributed by atoms with Crippen LogP contribution in [-0.4, -0.2) is 16.8 Å². The number of carbonyl (C=O) groups is 2. The number of imide groups is 1. The van der Waals surface area contributed by atoms with Crippen LogP contribution in [-0.2, 0) is 15.0 Å².